The molecule has 0 radical (unpaired) electrons. The molecule has 0 aliphatic carbocycles. The van der Waals surface area contributed by atoms with E-state index in [1.54, 1.807) is 4.68 Å². The number of aromatic carboxylic acids is 1. The maximum Gasteiger partial charge on any atom is 0.357 e. The fourth-order valence-corrected chi connectivity index (χ4v) is 1.98. The van der Waals surface area contributed by atoms with Gasteiger partial charge in [-0.05, 0) is 26.3 Å². The molecule has 0 amide bonds. The van der Waals surface area contributed by atoms with Crippen molar-refractivity contribution < 1.29 is 9.90 Å². The van der Waals surface area contributed by atoms with Crippen LogP contribution in [0.15, 0.2) is 30.3 Å². The lowest BCUT2D eigenvalue weighted by atomic mass is 10.0. The van der Waals surface area contributed by atoms with Gasteiger partial charge >= 0.3 is 5.97 Å². The van der Waals surface area contributed by atoms with Crippen LogP contribution in [0.25, 0.3) is 11.1 Å². The van der Waals surface area contributed by atoms with Crippen molar-refractivity contribution in [2.75, 3.05) is 5.73 Å². The fourth-order valence-electron chi connectivity index (χ4n) is 1.98. The number of nitrogen functional groups attached to an aromatic ring is 1. The van der Waals surface area contributed by atoms with Gasteiger partial charge < -0.3 is 10.8 Å². The zero-order valence-electron chi connectivity index (χ0n) is 11.2. The Hall–Kier alpha value is -2.30. The van der Waals surface area contributed by atoms with Gasteiger partial charge in [-0.15, -0.1) is 0 Å². The molecule has 2 rings (SSSR count). The summed E-state index contributed by atoms with van der Waals surface area (Å²) in [6, 6.07) is 9.21. The predicted molar refractivity (Wildman–Crippen MR) is 74.0 cm³/mol. The number of anilines is 1. The van der Waals surface area contributed by atoms with Crippen LogP contribution in [0.2, 0.25) is 0 Å². The quantitative estimate of drug-likeness (QED) is 0.868. The highest BCUT2D eigenvalue weighted by atomic mass is 16.4. The van der Waals surface area contributed by atoms with Crippen LogP contribution in [0.4, 0.5) is 5.82 Å². The molecule has 0 spiro atoms. The Kier molecular flexibility index (Phi) is 3.06. The molecule has 1 aromatic carbocycles. The van der Waals surface area contributed by atoms with Gasteiger partial charge in [0.15, 0.2) is 5.69 Å². The van der Waals surface area contributed by atoms with E-state index in [1.165, 1.54) is 0 Å². The largest absolute Gasteiger partial charge is 0.476 e. The molecule has 5 nitrogen and oxygen atoms in total. The van der Waals surface area contributed by atoms with E-state index in [0.29, 0.717) is 11.4 Å². The summed E-state index contributed by atoms with van der Waals surface area (Å²) in [7, 11) is 0. The minimum atomic E-state index is -1.08. The van der Waals surface area contributed by atoms with E-state index in [0.717, 1.165) is 5.56 Å². The fraction of sp³-hybridized carbons (Fsp3) is 0.286. The first-order valence-electron chi connectivity index (χ1n) is 6.00. The second-order valence-electron chi connectivity index (χ2n) is 5.36. The second-order valence-corrected chi connectivity index (χ2v) is 5.36. The summed E-state index contributed by atoms with van der Waals surface area (Å²) < 4.78 is 1.55. The average molecular weight is 259 g/mol. The minimum Gasteiger partial charge on any atom is -0.476 e. The van der Waals surface area contributed by atoms with Gasteiger partial charge in [0.1, 0.15) is 5.82 Å². The minimum absolute atomic E-state index is 0.0152. The molecule has 0 fully saturated rings. The van der Waals surface area contributed by atoms with Gasteiger partial charge in [0.25, 0.3) is 0 Å². The molecule has 0 aliphatic rings. The molecule has 100 valence electrons. The van der Waals surface area contributed by atoms with Crippen LogP contribution in [0.3, 0.4) is 0 Å². The van der Waals surface area contributed by atoms with E-state index in [9.17, 15) is 9.90 Å². The van der Waals surface area contributed by atoms with E-state index < -0.39 is 5.97 Å². The van der Waals surface area contributed by atoms with E-state index in [4.69, 9.17) is 5.73 Å². The Labute approximate surface area is 111 Å². The smallest absolute Gasteiger partial charge is 0.357 e. The molecule has 0 aliphatic heterocycles. The first-order valence-corrected chi connectivity index (χ1v) is 6.00. The Morgan fingerprint density at radius 3 is 2.32 bits per heavy atom. The summed E-state index contributed by atoms with van der Waals surface area (Å²) in [6.07, 6.45) is 0. The van der Waals surface area contributed by atoms with Gasteiger partial charge in [-0.25, -0.2) is 9.48 Å². The summed E-state index contributed by atoms with van der Waals surface area (Å²) in [5.41, 5.74) is 6.94. The lowest BCUT2D eigenvalue weighted by molar-refractivity contribution is 0.0689. The molecule has 2 aromatic rings. The number of hydrogen-bond donors (Lipinski definition) is 2. The average Bonchev–Trinajstić information content (AvgIpc) is 2.68. The van der Waals surface area contributed by atoms with Gasteiger partial charge in [0.05, 0.1) is 11.1 Å². The Morgan fingerprint density at radius 2 is 1.84 bits per heavy atom. The highest BCUT2D eigenvalue weighted by Crippen LogP contribution is 2.32. The number of benzene rings is 1. The monoisotopic (exact) mass is 259 g/mol. The maximum atomic E-state index is 11.4. The molecule has 1 aromatic heterocycles. The van der Waals surface area contributed by atoms with Crippen LogP contribution in [-0.2, 0) is 5.54 Å². The van der Waals surface area contributed by atoms with Gasteiger partial charge in [-0.3, -0.25) is 0 Å². The van der Waals surface area contributed by atoms with Crippen LogP contribution in [0.5, 0.6) is 0 Å². The normalized spacial score (nSPS) is 11.5. The summed E-state index contributed by atoms with van der Waals surface area (Å²) in [6.45, 7) is 5.78. The van der Waals surface area contributed by atoms with Crippen molar-refractivity contribution in [3.63, 3.8) is 0 Å². The van der Waals surface area contributed by atoms with Crippen molar-refractivity contribution in [1.82, 2.24) is 9.78 Å². The van der Waals surface area contributed by atoms with Crippen LogP contribution in [0, 0.1) is 0 Å². The molecule has 19 heavy (non-hydrogen) atoms. The zero-order valence-corrected chi connectivity index (χ0v) is 11.2. The van der Waals surface area contributed by atoms with Crippen molar-refractivity contribution in [2.45, 2.75) is 26.3 Å². The van der Waals surface area contributed by atoms with Gasteiger partial charge in [-0.2, -0.15) is 5.10 Å². The van der Waals surface area contributed by atoms with Crippen molar-refractivity contribution >= 4 is 11.8 Å². The van der Waals surface area contributed by atoms with Crippen molar-refractivity contribution in [1.29, 1.82) is 0 Å². The molecule has 0 atom stereocenters. The summed E-state index contributed by atoms with van der Waals surface area (Å²) in [5.74, 6) is -0.704. The molecule has 0 bridgehead atoms. The highest BCUT2D eigenvalue weighted by Gasteiger charge is 2.27. The molecule has 3 N–H and O–H groups in total. The van der Waals surface area contributed by atoms with Crippen LogP contribution in [0.1, 0.15) is 31.3 Å². The van der Waals surface area contributed by atoms with Crippen LogP contribution >= 0.6 is 0 Å². The van der Waals surface area contributed by atoms with E-state index >= 15 is 0 Å². The maximum absolute atomic E-state index is 11.4. The lowest BCUT2D eigenvalue weighted by Crippen LogP contribution is -2.25. The number of carbonyl (C=O) groups is 1. The highest BCUT2D eigenvalue weighted by molar-refractivity contribution is 5.97. The third kappa shape index (κ3) is 2.31. The Bertz CT molecular complexity index is 610. The Balaban J connectivity index is 2.73. The molecular weight excluding hydrogens is 242 g/mol. The topological polar surface area (TPSA) is 81.1 Å². The number of aromatic nitrogens is 2. The van der Waals surface area contributed by atoms with Crippen molar-refractivity contribution in [2.24, 2.45) is 0 Å². The predicted octanol–water partition coefficient (Wildman–Crippen LogP) is 2.59. The number of hydrogen-bond acceptors (Lipinski definition) is 3. The van der Waals surface area contributed by atoms with E-state index in [-0.39, 0.29) is 11.2 Å². The van der Waals surface area contributed by atoms with Crippen molar-refractivity contribution in [3.05, 3.63) is 36.0 Å². The number of carboxylic acid groups (broad SMARTS) is 1. The zero-order chi connectivity index (χ0) is 14.2. The molecular formula is C14H17N3O2. The van der Waals surface area contributed by atoms with Crippen molar-refractivity contribution in [3.8, 4) is 11.1 Å². The first kappa shape index (κ1) is 13.1. The summed E-state index contributed by atoms with van der Waals surface area (Å²) in [4.78, 5) is 11.4. The molecule has 1 heterocycles. The van der Waals surface area contributed by atoms with Gasteiger partial charge in [-0.1, -0.05) is 30.3 Å². The molecule has 0 saturated carbocycles. The number of nitrogens with two attached hydrogens (primary N) is 1. The summed E-state index contributed by atoms with van der Waals surface area (Å²) in [5, 5.41) is 13.4. The molecule has 0 unspecified atom stereocenters. The third-order valence-corrected chi connectivity index (χ3v) is 2.82. The second kappa shape index (κ2) is 4.42. The third-order valence-electron chi connectivity index (χ3n) is 2.82. The SMILES string of the molecule is CC(C)(C)n1nc(C(=O)O)c(-c2ccccc2)c1N. The van der Waals surface area contributed by atoms with Gasteiger partial charge in [0.2, 0.25) is 0 Å². The number of carboxylic acids is 1. The standard InChI is InChI=1S/C14H17N3O2/c1-14(2,3)17-12(15)10(11(16-17)13(18)19)9-7-5-4-6-8-9/h4-8H,15H2,1-3H3,(H,18,19). The molecule has 0 saturated heterocycles. The number of nitrogens with zero attached hydrogens (tertiary/aromatic N) is 2. The Morgan fingerprint density at radius 1 is 1.26 bits per heavy atom. The van der Waals surface area contributed by atoms with E-state index in [1.807, 2.05) is 51.1 Å². The first-order chi connectivity index (χ1) is 8.82. The van der Waals surface area contributed by atoms with E-state index in [2.05, 4.69) is 5.10 Å². The van der Waals surface area contributed by atoms with Crippen LogP contribution < -0.4 is 5.73 Å². The van der Waals surface area contributed by atoms with Crippen LogP contribution in [-0.4, -0.2) is 20.9 Å². The summed E-state index contributed by atoms with van der Waals surface area (Å²) >= 11 is 0. The lowest BCUT2D eigenvalue weighted by Gasteiger charge is -2.20. The molecule has 5 heteroatoms. The van der Waals surface area contributed by atoms with Gasteiger partial charge in [0, 0.05) is 0 Å². The number of rotatable bonds is 2.